The van der Waals surface area contributed by atoms with Crippen molar-refractivity contribution < 1.29 is 14.3 Å². The molecule has 1 heterocycles. The van der Waals surface area contributed by atoms with Gasteiger partial charge in [0.15, 0.2) is 6.61 Å². The summed E-state index contributed by atoms with van der Waals surface area (Å²) in [5.74, 6) is 0.806. The number of aryl methyl sites for hydroxylation is 2. The fraction of sp³-hybridized carbons (Fsp3) is 0.286. The van der Waals surface area contributed by atoms with Crippen LogP contribution < -0.4 is 5.32 Å². The number of esters is 1. The molecule has 1 aliphatic rings. The van der Waals surface area contributed by atoms with Gasteiger partial charge in [0, 0.05) is 17.2 Å². The number of rotatable bonds is 6. The van der Waals surface area contributed by atoms with Gasteiger partial charge in [-0.3, -0.25) is 9.79 Å². The summed E-state index contributed by atoms with van der Waals surface area (Å²) in [5.41, 5.74) is 4.29. The molecule has 0 radical (unpaired) electrons. The van der Waals surface area contributed by atoms with Crippen LogP contribution in [0.5, 0.6) is 0 Å². The number of carbonyl (C=O) groups is 2. The minimum Gasteiger partial charge on any atom is -0.452 e. The second-order valence-electron chi connectivity index (χ2n) is 6.37. The molecule has 28 heavy (non-hydrogen) atoms. The monoisotopic (exact) mass is 414 g/mol. The predicted octanol–water partition coefficient (Wildman–Crippen LogP) is 4.43. The summed E-state index contributed by atoms with van der Waals surface area (Å²) >= 11 is 3.36. The number of benzene rings is 2. The second-order valence-corrected chi connectivity index (χ2v) is 8.67. The maximum absolute atomic E-state index is 12.5. The van der Waals surface area contributed by atoms with E-state index in [2.05, 4.69) is 10.3 Å². The molecule has 0 saturated heterocycles. The van der Waals surface area contributed by atoms with E-state index in [1.165, 1.54) is 0 Å². The summed E-state index contributed by atoms with van der Waals surface area (Å²) in [5, 5.41) is 2.75. The summed E-state index contributed by atoms with van der Waals surface area (Å²) in [7, 11) is 0. The molecule has 0 atom stereocenters. The molecule has 0 unspecified atom stereocenters. The maximum Gasteiger partial charge on any atom is 0.338 e. The van der Waals surface area contributed by atoms with E-state index in [0.717, 1.165) is 33.4 Å². The van der Waals surface area contributed by atoms with E-state index in [-0.39, 0.29) is 12.5 Å². The number of carbonyl (C=O) groups excluding carboxylic acids is 2. The Morgan fingerprint density at radius 3 is 2.75 bits per heavy atom. The molecule has 0 saturated carbocycles. The third kappa shape index (κ3) is 5.62. The molecular formula is C21H22N2O3S2. The average molecular weight is 415 g/mol. The standard InChI is InChI=1S/C21H22N2O3S2/c1-14-7-8-17(11-15(14)2)23-19(24)12-26-20(25)18-6-4-3-5-16(18)13-28-21-22-9-10-27-21/h3-8,11H,9-10,12-13H2,1-2H3,(H,23,24). The number of thioether (sulfide) groups is 2. The lowest BCUT2D eigenvalue weighted by molar-refractivity contribution is -0.119. The fourth-order valence-corrected chi connectivity index (χ4v) is 4.63. The van der Waals surface area contributed by atoms with Crippen LogP contribution in [-0.4, -0.2) is 35.2 Å². The van der Waals surface area contributed by atoms with Crippen LogP contribution in [0.15, 0.2) is 47.5 Å². The van der Waals surface area contributed by atoms with Crippen molar-refractivity contribution in [3.8, 4) is 0 Å². The molecule has 0 spiro atoms. The molecule has 2 aromatic rings. The van der Waals surface area contributed by atoms with Gasteiger partial charge in [0.25, 0.3) is 5.91 Å². The van der Waals surface area contributed by atoms with E-state index in [9.17, 15) is 9.59 Å². The zero-order chi connectivity index (χ0) is 19.9. The highest BCUT2D eigenvalue weighted by atomic mass is 32.2. The van der Waals surface area contributed by atoms with Gasteiger partial charge in [-0.05, 0) is 48.7 Å². The molecule has 1 aliphatic heterocycles. The summed E-state index contributed by atoms with van der Waals surface area (Å²) in [6.45, 7) is 4.52. The van der Waals surface area contributed by atoms with Crippen molar-refractivity contribution in [2.24, 2.45) is 4.99 Å². The molecule has 0 aromatic heterocycles. The highest BCUT2D eigenvalue weighted by Crippen LogP contribution is 2.26. The largest absolute Gasteiger partial charge is 0.452 e. The van der Waals surface area contributed by atoms with Crippen LogP contribution in [0, 0.1) is 13.8 Å². The Hall–Kier alpha value is -2.25. The molecule has 2 aromatic carbocycles. The van der Waals surface area contributed by atoms with E-state index < -0.39 is 5.97 Å². The Morgan fingerprint density at radius 1 is 1.18 bits per heavy atom. The lowest BCUT2D eigenvalue weighted by atomic mass is 10.1. The van der Waals surface area contributed by atoms with E-state index in [4.69, 9.17) is 4.74 Å². The van der Waals surface area contributed by atoms with E-state index in [1.54, 1.807) is 35.7 Å². The number of hydrogen-bond donors (Lipinski definition) is 1. The first-order chi connectivity index (χ1) is 13.5. The average Bonchev–Trinajstić information content (AvgIpc) is 3.21. The molecule has 146 valence electrons. The van der Waals surface area contributed by atoms with Crippen molar-refractivity contribution in [1.29, 1.82) is 0 Å². The minimum atomic E-state index is -0.493. The van der Waals surface area contributed by atoms with Gasteiger partial charge in [-0.25, -0.2) is 4.79 Å². The number of ether oxygens (including phenoxy) is 1. The molecular weight excluding hydrogens is 392 g/mol. The Morgan fingerprint density at radius 2 is 2.00 bits per heavy atom. The number of nitrogens with one attached hydrogen (secondary N) is 1. The normalized spacial score (nSPS) is 13.1. The predicted molar refractivity (Wildman–Crippen MR) is 117 cm³/mol. The van der Waals surface area contributed by atoms with Crippen LogP contribution in [0.25, 0.3) is 0 Å². The molecule has 7 heteroatoms. The van der Waals surface area contributed by atoms with Crippen LogP contribution in [0.1, 0.15) is 27.0 Å². The van der Waals surface area contributed by atoms with Crippen LogP contribution in [0.3, 0.4) is 0 Å². The lowest BCUT2D eigenvalue weighted by Crippen LogP contribution is -2.21. The number of amides is 1. The summed E-state index contributed by atoms with van der Waals surface area (Å²) in [6.07, 6.45) is 0. The zero-order valence-electron chi connectivity index (χ0n) is 15.9. The molecule has 3 rings (SSSR count). The third-order valence-corrected chi connectivity index (χ3v) is 6.57. The van der Waals surface area contributed by atoms with Crippen molar-refractivity contribution in [1.82, 2.24) is 0 Å². The first kappa shape index (κ1) is 20.5. The Balaban J connectivity index is 1.55. The van der Waals surface area contributed by atoms with Crippen molar-refractivity contribution in [2.75, 3.05) is 24.2 Å². The Bertz CT molecular complexity index is 912. The smallest absolute Gasteiger partial charge is 0.338 e. The van der Waals surface area contributed by atoms with Crippen LogP contribution in [0.2, 0.25) is 0 Å². The first-order valence-electron chi connectivity index (χ1n) is 8.95. The van der Waals surface area contributed by atoms with Crippen LogP contribution >= 0.6 is 23.5 Å². The summed E-state index contributed by atoms with van der Waals surface area (Å²) in [6, 6.07) is 13.0. The SMILES string of the molecule is Cc1ccc(NC(=O)COC(=O)c2ccccc2CSC2=NCCS2)cc1C. The quantitative estimate of drug-likeness (QED) is 0.708. The molecule has 1 N–H and O–H groups in total. The first-order valence-corrected chi connectivity index (χ1v) is 10.9. The van der Waals surface area contributed by atoms with E-state index >= 15 is 0 Å². The van der Waals surface area contributed by atoms with Crippen molar-refractivity contribution >= 4 is 45.5 Å². The van der Waals surface area contributed by atoms with Gasteiger partial charge in [-0.2, -0.15) is 0 Å². The van der Waals surface area contributed by atoms with Crippen molar-refractivity contribution in [3.05, 3.63) is 64.7 Å². The van der Waals surface area contributed by atoms with Crippen LogP contribution in [0.4, 0.5) is 5.69 Å². The van der Waals surface area contributed by atoms with E-state index in [0.29, 0.717) is 17.0 Å². The molecule has 0 aliphatic carbocycles. The zero-order valence-corrected chi connectivity index (χ0v) is 17.5. The van der Waals surface area contributed by atoms with Gasteiger partial charge in [-0.15, -0.1) is 0 Å². The van der Waals surface area contributed by atoms with Crippen LogP contribution in [-0.2, 0) is 15.3 Å². The third-order valence-electron chi connectivity index (χ3n) is 4.27. The van der Waals surface area contributed by atoms with Gasteiger partial charge < -0.3 is 10.1 Å². The Kier molecular flexibility index (Phi) is 7.17. The lowest BCUT2D eigenvalue weighted by Gasteiger charge is -2.10. The highest BCUT2D eigenvalue weighted by molar-refractivity contribution is 8.38. The number of anilines is 1. The molecule has 1 amide bonds. The van der Waals surface area contributed by atoms with Gasteiger partial charge >= 0.3 is 5.97 Å². The highest BCUT2D eigenvalue weighted by Gasteiger charge is 2.16. The fourth-order valence-electron chi connectivity index (χ4n) is 2.61. The minimum absolute atomic E-state index is 0.324. The second kappa shape index (κ2) is 9.80. The van der Waals surface area contributed by atoms with Gasteiger partial charge in [0.05, 0.1) is 12.1 Å². The van der Waals surface area contributed by atoms with Crippen molar-refractivity contribution in [2.45, 2.75) is 19.6 Å². The van der Waals surface area contributed by atoms with Gasteiger partial charge in [0.1, 0.15) is 4.38 Å². The van der Waals surface area contributed by atoms with E-state index in [1.807, 2.05) is 44.2 Å². The molecule has 5 nitrogen and oxygen atoms in total. The van der Waals surface area contributed by atoms with Gasteiger partial charge in [-0.1, -0.05) is 47.8 Å². The topological polar surface area (TPSA) is 67.8 Å². The summed E-state index contributed by atoms with van der Waals surface area (Å²) < 4.78 is 6.28. The Labute approximate surface area is 173 Å². The number of nitrogens with zero attached hydrogens (tertiary/aromatic N) is 1. The maximum atomic E-state index is 12.5. The molecule has 0 fully saturated rings. The summed E-state index contributed by atoms with van der Waals surface area (Å²) in [4.78, 5) is 29.0. The molecule has 0 bridgehead atoms. The number of aliphatic imine (C=N–C) groups is 1. The van der Waals surface area contributed by atoms with Crippen molar-refractivity contribution in [3.63, 3.8) is 0 Å². The van der Waals surface area contributed by atoms with Gasteiger partial charge in [0.2, 0.25) is 0 Å². The number of hydrogen-bond acceptors (Lipinski definition) is 6.